The molecule has 0 radical (unpaired) electrons. The SMILES string of the molecule is Cn1cnc(C(=O)N2CCOCC(Cc3nccn4cccc34)C2)c1. The van der Waals surface area contributed by atoms with E-state index in [1.165, 1.54) is 0 Å². The van der Waals surface area contributed by atoms with E-state index >= 15 is 0 Å². The van der Waals surface area contributed by atoms with Crippen molar-refractivity contribution in [2.45, 2.75) is 6.42 Å². The maximum absolute atomic E-state index is 12.7. The van der Waals surface area contributed by atoms with Crippen LogP contribution in [0.2, 0.25) is 0 Å². The Morgan fingerprint density at radius 2 is 2.28 bits per heavy atom. The van der Waals surface area contributed by atoms with Gasteiger partial charge in [-0.2, -0.15) is 0 Å². The van der Waals surface area contributed by atoms with Crippen LogP contribution >= 0.6 is 0 Å². The number of amides is 1. The molecule has 0 aromatic carbocycles. The molecule has 1 unspecified atom stereocenters. The van der Waals surface area contributed by atoms with Crippen LogP contribution in [-0.4, -0.2) is 56.0 Å². The first kappa shape index (κ1) is 15.8. The molecule has 0 saturated carbocycles. The summed E-state index contributed by atoms with van der Waals surface area (Å²) < 4.78 is 9.59. The number of imidazole rings is 1. The fourth-order valence-corrected chi connectivity index (χ4v) is 3.33. The van der Waals surface area contributed by atoms with E-state index in [2.05, 4.69) is 20.4 Å². The number of aryl methyl sites for hydroxylation is 1. The van der Waals surface area contributed by atoms with Gasteiger partial charge in [-0.1, -0.05) is 0 Å². The van der Waals surface area contributed by atoms with Crippen LogP contribution in [0.25, 0.3) is 5.52 Å². The molecule has 0 spiro atoms. The average molecular weight is 339 g/mol. The van der Waals surface area contributed by atoms with Crippen LogP contribution in [0.1, 0.15) is 16.2 Å². The van der Waals surface area contributed by atoms with Crippen molar-refractivity contribution >= 4 is 11.4 Å². The minimum atomic E-state index is -0.0371. The van der Waals surface area contributed by atoms with Gasteiger partial charge >= 0.3 is 0 Å². The highest BCUT2D eigenvalue weighted by molar-refractivity contribution is 5.92. The standard InChI is InChI=1S/C18H21N5O2/c1-21-11-16(20-13-21)18(24)23-7-8-25-12-14(10-23)9-15-17-3-2-5-22(17)6-4-19-15/h2-6,11,13-14H,7-10,12H2,1H3. The maximum atomic E-state index is 12.7. The molecule has 7 heteroatoms. The number of ether oxygens (including phenoxy) is 1. The van der Waals surface area contributed by atoms with Crippen LogP contribution in [0.4, 0.5) is 0 Å². The van der Waals surface area contributed by atoms with Crippen molar-refractivity contribution in [1.29, 1.82) is 0 Å². The Bertz CT molecular complexity index is 884. The van der Waals surface area contributed by atoms with Crippen LogP contribution in [-0.2, 0) is 18.2 Å². The van der Waals surface area contributed by atoms with E-state index in [1.54, 1.807) is 17.1 Å². The summed E-state index contributed by atoms with van der Waals surface area (Å²) in [5.41, 5.74) is 2.62. The highest BCUT2D eigenvalue weighted by Gasteiger charge is 2.25. The van der Waals surface area contributed by atoms with Gasteiger partial charge in [-0.05, 0) is 18.6 Å². The summed E-state index contributed by atoms with van der Waals surface area (Å²) in [6.45, 7) is 2.43. The molecule has 1 saturated heterocycles. The number of carbonyl (C=O) groups excluding carboxylic acids is 1. The molecule has 25 heavy (non-hydrogen) atoms. The first-order chi connectivity index (χ1) is 12.2. The zero-order valence-corrected chi connectivity index (χ0v) is 14.2. The molecule has 3 aromatic heterocycles. The van der Waals surface area contributed by atoms with Crippen molar-refractivity contribution in [3.8, 4) is 0 Å². The van der Waals surface area contributed by atoms with Gasteiger partial charge in [0.15, 0.2) is 0 Å². The summed E-state index contributed by atoms with van der Waals surface area (Å²) in [7, 11) is 1.86. The minimum absolute atomic E-state index is 0.0371. The second-order valence-corrected chi connectivity index (χ2v) is 6.50. The average Bonchev–Trinajstić information content (AvgIpc) is 3.20. The summed E-state index contributed by atoms with van der Waals surface area (Å²) in [5.74, 6) is 0.175. The van der Waals surface area contributed by atoms with Crippen LogP contribution in [0.5, 0.6) is 0 Å². The van der Waals surface area contributed by atoms with Gasteiger partial charge in [-0.15, -0.1) is 0 Å². The van der Waals surface area contributed by atoms with Gasteiger partial charge in [0.05, 0.1) is 30.8 Å². The summed E-state index contributed by atoms with van der Waals surface area (Å²) in [6.07, 6.45) is 9.96. The van der Waals surface area contributed by atoms with Crippen molar-refractivity contribution in [3.63, 3.8) is 0 Å². The van der Waals surface area contributed by atoms with Crippen molar-refractivity contribution in [2.24, 2.45) is 13.0 Å². The number of aromatic nitrogens is 4. The van der Waals surface area contributed by atoms with Gasteiger partial charge < -0.3 is 18.6 Å². The lowest BCUT2D eigenvalue weighted by Gasteiger charge is -2.23. The van der Waals surface area contributed by atoms with Crippen molar-refractivity contribution in [1.82, 2.24) is 23.8 Å². The summed E-state index contributed by atoms with van der Waals surface area (Å²) in [4.78, 5) is 23.3. The van der Waals surface area contributed by atoms with Gasteiger partial charge in [0.25, 0.3) is 5.91 Å². The largest absolute Gasteiger partial charge is 0.379 e. The Labute approximate surface area is 145 Å². The molecule has 130 valence electrons. The maximum Gasteiger partial charge on any atom is 0.274 e. The molecular weight excluding hydrogens is 318 g/mol. The predicted molar refractivity (Wildman–Crippen MR) is 92.3 cm³/mol. The quantitative estimate of drug-likeness (QED) is 0.723. The first-order valence-electron chi connectivity index (χ1n) is 8.46. The molecule has 1 fully saturated rings. The van der Waals surface area contributed by atoms with Crippen LogP contribution in [0, 0.1) is 5.92 Å². The summed E-state index contributed by atoms with van der Waals surface area (Å²) >= 11 is 0. The van der Waals surface area contributed by atoms with Gasteiger partial charge in [0, 0.05) is 50.8 Å². The Balaban J connectivity index is 1.52. The molecule has 4 rings (SSSR count). The second-order valence-electron chi connectivity index (χ2n) is 6.50. The zero-order valence-electron chi connectivity index (χ0n) is 14.2. The molecule has 1 amide bonds. The molecule has 0 bridgehead atoms. The third kappa shape index (κ3) is 3.28. The fraction of sp³-hybridized carbons (Fsp3) is 0.389. The molecule has 3 aromatic rings. The van der Waals surface area contributed by atoms with Crippen LogP contribution < -0.4 is 0 Å². The third-order valence-corrected chi connectivity index (χ3v) is 4.56. The number of hydrogen-bond donors (Lipinski definition) is 0. The van der Waals surface area contributed by atoms with E-state index in [9.17, 15) is 4.79 Å². The van der Waals surface area contributed by atoms with E-state index in [0.29, 0.717) is 32.0 Å². The number of rotatable bonds is 3. The van der Waals surface area contributed by atoms with Crippen LogP contribution in [0.15, 0.2) is 43.2 Å². The number of hydrogen-bond acceptors (Lipinski definition) is 4. The topological polar surface area (TPSA) is 64.7 Å². The van der Waals surface area contributed by atoms with Gasteiger partial charge in [0.2, 0.25) is 0 Å². The molecule has 1 aliphatic heterocycles. The lowest BCUT2D eigenvalue weighted by atomic mass is 10.0. The Morgan fingerprint density at radius 1 is 1.36 bits per heavy atom. The van der Waals surface area contributed by atoms with E-state index in [4.69, 9.17) is 4.74 Å². The van der Waals surface area contributed by atoms with E-state index in [0.717, 1.165) is 17.6 Å². The molecule has 0 N–H and O–H groups in total. The van der Waals surface area contributed by atoms with Gasteiger partial charge in [-0.3, -0.25) is 9.78 Å². The molecular formula is C18H21N5O2. The van der Waals surface area contributed by atoms with Gasteiger partial charge in [0.1, 0.15) is 5.69 Å². The van der Waals surface area contributed by atoms with Crippen LogP contribution in [0.3, 0.4) is 0 Å². The highest BCUT2D eigenvalue weighted by atomic mass is 16.5. The lowest BCUT2D eigenvalue weighted by Crippen LogP contribution is -2.36. The molecule has 1 aliphatic rings. The zero-order chi connectivity index (χ0) is 17.2. The monoisotopic (exact) mass is 339 g/mol. The smallest absolute Gasteiger partial charge is 0.274 e. The number of nitrogens with zero attached hydrogens (tertiary/aromatic N) is 5. The van der Waals surface area contributed by atoms with Crippen molar-refractivity contribution in [3.05, 3.63) is 54.6 Å². The van der Waals surface area contributed by atoms with E-state index in [1.807, 2.05) is 36.6 Å². The lowest BCUT2D eigenvalue weighted by molar-refractivity contribution is 0.0732. The summed E-state index contributed by atoms with van der Waals surface area (Å²) in [5, 5.41) is 0. The second kappa shape index (κ2) is 6.68. The number of fused-ring (bicyclic) bond motifs is 1. The highest BCUT2D eigenvalue weighted by Crippen LogP contribution is 2.18. The van der Waals surface area contributed by atoms with Crippen molar-refractivity contribution < 1.29 is 9.53 Å². The third-order valence-electron chi connectivity index (χ3n) is 4.56. The first-order valence-corrected chi connectivity index (χ1v) is 8.46. The molecule has 4 heterocycles. The normalized spacial score (nSPS) is 18.4. The van der Waals surface area contributed by atoms with Gasteiger partial charge in [-0.25, -0.2) is 4.98 Å². The predicted octanol–water partition coefficient (Wildman–Crippen LogP) is 1.40. The Morgan fingerprint density at radius 3 is 3.12 bits per heavy atom. The number of carbonyl (C=O) groups is 1. The molecule has 7 nitrogen and oxygen atoms in total. The minimum Gasteiger partial charge on any atom is -0.379 e. The fourth-order valence-electron chi connectivity index (χ4n) is 3.33. The van der Waals surface area contributed by atoms with Crippen molar-refractivity contribution in [2.75, 3.05) is 26.3 Å². The Hall–Kier alpha value is -2.67. The summed E-state index contributed by atoms with van der Waals surface area (Å²) in [6, 6.07) is 4.08. The van der Waals surface area contributed by atoms with E-state index < -0.39 is 0 Å². The Kier molecular flexibility index (Phi) is 4.23. The molecule has 1 atom stereocenters. The van der Waals surface area contributed by atoms with E-state index in [-0.39, 0.29) is 11.8 Å². The molecule has 0 aliphatic carbocycles.